The topological polar surface area (TPSA) is 64.6 Å². The minimum atomic E-state index is -1.24. The van der Waals surface area contributed by atoms with Gasteiger partial charge in [-0.2, -0.15) is 0 Å². The molecule has 0 bridgehead atoms. The summed E-state index contributed by atoms with van der Waals surface area (Å²) >= 11 is 9.31. The fourth-order valence-electron chi connectivity index (χ4n) is 2.26. The molecule has 0 spiro atoms. The average Bonchev–Trinajstić information content (AvgIpc) is 2.84. The molecule has 128 valence electrons. The lowest BCUT2D eigenvalue weighted by Gasteiger charge is -2.17. The van der Waals surface area contributed by atoms with Gasteiger partial charge in [0.2, 0.25) is 0 Å². The Hall–Kier alpha value is -2.31. The van der Waals surface area contributed by atoms with E-state index < -0.39 is 18.2 Å². The Bertz CT molecular complexity index is 881. The molecule has 0 aliphatic carbocycles. The number of cyclic esters (lactones) is 1. The zero-order valence-electron chi connectivity index (χ0n) is 13.1. The maximum absolute atomic E-state index is 12.4. The first kappa shape index (κ1) is 17.5. The van der Waals surface area contributed by atoms with Gasteiger partial charge in [0.15, 0.2) is 5.03 Å². The number of rotatable bonds is 4. The molecule has 1 atom stereocenters. The van der Waals surface area contributed by atoms with Gasteiger partial charge >= 0.3 is 11.9 Å². The fraction of sp³-hybridized carbons (Fsp3) is 0.111. The van der Waals surface area contributed by atoms with E-state index in [2.05, 4.69) is 21.2 Å². The summed E-state index contributed by atoms with van der Waals surface area (Å²) in [6, 6.07) is 14.2. The quantitative estimate of drug-likeness (QED) is 0.742. The Labute approximate surface area is 157 Å². The van der Waals surface area contributed by atoms with Crippen molar-refractivity contribution in [3.05, 3.63) is 74.9 Å². The summed E-state index contributed by atoms with van der Waals surface area (Å²) in [5, 5.41) is 2.88. The van der Waals surface area contributed by atoms with Crippen LogP contribution in [-0.4, -0.2) is 18.2 Å². The van der Waals surface area contributed by atoms with E-state index in [1.165, 1.54) is 0 Å². The van der Waals surface area contributed by atoms with E-state index in [4.69, 9.17) is 21.1 Å². The van der Waals surface area contributed by atoms with Gasteiger partial charge in [-0.1, -0.05) is 41.9 Å². The van der Waals surface area contributed by atoms with Gasteiger partial charge < -0.3 is 14.8 Å². The van der Waals surface area contributed by atoms with Crippen LogP contribution in [0.4, 0.5) is 5.69 Å². The van der Waals surface area contributed by atoms with Crippen molar-refractivity contribution in [3.8, 4) is 0 Å². The van der Waals surface area contributed by atoms with Crippen molar-refractivity contribution in [3.63, 3.8) is 0 Å². The monoisotopic (exact) mass is 421 g/mol. The molecule has 0 unspecified atom stereocenters. The van der Waals surface area contributed by atoms with Crippen LogP contribution in [0.25, 0.3) is 0 Å². The molecule has 0 fully saturated rings. The van der Waals surface area contributed by atoms with Crippen LogP contribution in [0.15, 0.2) is 63.7 Å². The first-order chi connectivity index (χ1) is 12.0. The second-order valence-corrected chi connectivity index (χ2v) is 6.52. The SMILES string of the molecule is Cc1ccccc1NC1=C(Cl)C(=O)O[C@H]1OC(=O)c1ccccc1Br. The first-order valence-electron chi connectivity index (χ1n) is 7.36. The average molecular weight is 423 g/mol. The van der Waals surface area contributed by atoms with Crippen LogP contribution in [0.5, 0.6) is 0 Å². The predicted octanol–water partition coefficient (Wildman–Crippen LogP) is 4.36. The Kier molecular flexibility index (Phi) is 5.11. The molecule has 0 amide bonds. The van der Waals surface area contributed by atoms with E-state index in [0.717, 1.165) is 11.3 Å². The third kappa shape index (κ3) is 3.70. The lowest BCUT2D eigenvalue weighted by molar-refractivity contribution is -0.152. The van der Waals surface area contributed by atoms with Crippen molar-refractivity contribution in [1.29, 1.82) is 0 Å². The molecule has 0 radical (unpaired) electrons. The van der Waals surface area contributed by atoms with Crippen LogP contribution in [0.2, 0.25) is 0 Å². The molecule has 0 saturated carbocycles. The number of ether oxygens (including phenoxy) is 2. The molecule has 1 aliphatic heterocycles. The molecule has 3 rings (SSSR count). The molecule has 5 nitrogen and oxygen atoms in total. The number of hydrogen-bond donors (Lipinski definition) is 1. The van der Waals surface area contributed by atoms with Crippen LogP contribution in [-0.2, 0) is 14.3 Å². The molecule has 0 aromatic heterocycles. The number of benzene rings is 2. The summed E-state index contributed by atoms with van der Waals surface area (Å²) in [4.78, 5) is 24.2. The van der Waals surface area contributed by atoms with Crippen molar-refractivity contribution < 1.29 is 19.1 Å². The minimum absolute atomic E-state index is 0.145. The molecule has 0 saturated heterocycles. The van der Waals surface area contributed by atoms with Crippen molar-refractivity contribution in [2.24, 2.45) is 0 Å². The largest absolute Gasteiger partial charge is 0.415 e. The molecule has 7 heteroatoms. The number of anilines is 1. The third-order valence-electron chi connectivity index (χ3n) is 3.59. The molecule has 2 aromatic rings. The van der Waals surface area contributed by atoms with Gasteiger partial charge in [0.25, 0.3) is 6.29 Å². The highest BCUT2D eigenvalue weighted by Crippen LogP contribution is 2.30. The summed E-state index contributed by atoms with van der Waals surface area (Å²) in [7, 11) is 0. The number of carbonyl (C=O) groups is 2. The number of carbonyl (C=O) groups excluding carboxylic acids is 2. The minimum Gasteiger partial charge on any atom is -0.415 e. The van der Waals surface area contributed by atoms with Gasteiger partial charge in [-0.3, -0.25) is 0 Å². The van der Waals surface area contributed by atoms with E-state index in [1.807, 2.05) is 31.2 Å². The summed E-state index contributed by atoms with van der Waals surface area (Å²) in [6.45, 7) is 1.90. The molecule has 1 heterocycles. The summed E-state index contributed by atoms with van der Waals surface area (Å²) in [5.41, 5.74) is 2.18. The fourth-order valence-corrected chi connectivity index (χ4v) is 2.89. The number of esters is 2. The van der Waals surface area contributed by atoms with Crippen LogP contribution in [0.3, 0.4) is 0 Å². The van der Waals surface area contributed by atoms with Crippen LogP contribution in [0, 0.1) is 6.92 Å². The number of hydrogen-bond acceptors (Lipinski definition) is 5. The lowest BCUT2D eigenvalue weighted by Crippen LogP contribution is -2.24. The van der Waals surface area contributed by atoms with Crippen LogP contribution >= 0.6 is 27.5 Å². The maximum Gasteiger partial charge on any atom is 0.355 e. The Morgan fingerprint density at radius 2 is 1.88 bits per heavy atom. The van der Waals surface area contributed by atoms with Gasteiger partial charge in [0.05, 0.1) is 5.56 Å². The number of para-hydroxylation sites is 1. The highest BCUT2D eigenvalue weighted by molar-refractivity contribution is 9.10. The lowest BCUT2D eigenvalue weighted by atomic mass is 10.2. The summed E-state index contributed by atoms with van der Waals surface area (Å²) < 4.78 is 11.0. The zero-order chi connectivity index (χ0) is 18.0. The van der Waals surface area contributed by atoms with Crippen molar-refractivity contribution in [2.75, 3.05) is 5.32 Å². The number of nitrogens with one attached hydrogen (secondary N) is 1. The molecular formula is C18H13BrClNO4. The molecule has 2 aromatic carbocycles. The van der Waals surface area contributed by atoms with E-state index in [0.29, 0.717) is 10.0 Å². The Morgan fingerprint density at radius 1 is 1.20 bits per heavy atom. The smallest absolute Gasteiger partial charge is 0.355 e. The van der Waals surface area contributed by atoms with Crippen molar-refractivity contribution >= 4 is 45.2 Å². The summed E-state index contributed by atoms with van der Waals surface area (Å²) in [6.07, 6.45) is -1.24. The number of halogens is 2. The van der Waals surface area contributed by atoms with Crippen LogP contribution in [0.1, 0.15) is 15.9 Å². The second-order valence-electron chi connectivity index (χ2n) is 5.29. The maximum atomic E-state index is 12.4. The Balaban J connectivity index is 1.84. The van der Waals surface area contributed by atoms with Gasteiger partial charge in [-0.15, -0.1) is 0 Å². The van der Waals surface area contributed by atoms with E-state index in [9.17, 15) is 9.59 Å². The number of aryl methyl sites for hydroxylation is 1. The van der Waals surface area contributed by atoms with E-state index in [1.54, 1.807) is 24.3 Å². The second kappa shape index (κ2) is 7.29. The third-order valence-corrected chi connectivity index (χ3v) is 4.64. The van der Waals surface area contributed by atoms with Crippen molar-refractivity contribution in [2.45, 2.75) is 13.2 Å². The zero-order valence-corrected chi connectivity index (χ0v) is 15.4. The van der Waals surface area contributed by atoms with Gasteiger partial charge in [-0.05, 0) is 46.6 Å². The van der Waals surface area contributed by atoms with Gasteiger partial charge in [0, 0.05) is 10.2 Å². The highest BCUT2D eigenvalue weighted by Gasteiger charge is 2.37. The summed E-state index contributed by atoms with van der Waals surface area (Å²) in [5.74, 6) is -1.39. The molecule has 1 N–H and O–H groups in total. The molecular weight excluding hydrogens is 410 g/mol. The van der Waals surface area contributed by atoms with E-state index in [-0.39, 0.29) is 10.7 Å². The van der Waals surface area contributed by atoms with Gasteiger partial charge in [0.1, 0.15) is 5.70 Å². The van der Waals surface area contributed by atoms with Crippen molar-refractivity contribution in [1.82, 2.24) is 0 Å². The normalized spacial score (nSPS) is 16.6. The standard InChI is InChI=1S/C18H13BrClNO4/c1-10-6-2-5-9-13(10)21-15-14(20)17(23)25-18(15)24-16(22)11-7-3-4-8-12(11)19/h2-9,18,21H,1H3/t18-/m1/s1. The van der Waals surface area contributed by atoms with E-state index >= 15 is 0 Å². The highest BCUT2D eigenvalue weighted by atomic mass is 79.9. The Morgan fingerprint density at radius 3 is 2.60 bits per heavy atom. The first-order valence-corrected chi connectivity index (χ1v) is 8.53. The molecule has 25 heavy (non-hydrogen) atoms. The van der Waals surface area contributed by atoms with Gasteiger partial charge in [-0.25, -0.2) is 9.59 Å². The predicted molar refractivity (Wildman–Crippen MR) is 97.1 cm³/mol. The van der Waals surface area contributed by atoms with Crippen LogP contribution < -0.4 is 5.32 Å². The molecule has 1 aliphatic rings.